The normalized spacial score (nSPS) is 19.5. The molecule has 1 aromatic heterocycles. The molecule has 112 valence electrons. The van der Waals surface area contributed by atoms with E-state index in [0.29, 0.717) is 12.1 Å². The highest BCUT2D eigenvalue weighted by Gasteiger charge is 2.21. The van der Waals surface area contributed by atoms with Crippen LogP contribution in [0.2, 0.25) is 0 Å². The molecular weight excluding hydrogens is 280 g/mol. The number of para-hydroxylation sites is 1. The number of aromatic nitrogens is 1. The zero-order chi connectivity index (χ0) is 14.8. The maximum absolute atomic E-state index is 5.96. The van der Waals surface area contributed by atoms with Gasteiger partial charge in [-0.1, -0.05) is 18.2 Å². The van der Waals surface area contributed by atoms with E-state index in [1.165, 1.54) is 10.4 Å². The Morgan fingerprint density at radius 2 is 2.14 bits per heavy atom. The average molecular weight is 302 g/mol. The molecule has 2 unspecified atom stereocenters. The molecule has 0 radical (unpaired) electrons. The fourth-order valence-electron chi connectivity index (χ4n) is 2.96. The van der Waals surface area contributed by atoms with Gasteiger partial charge in [-0.3, -0.25) is 0 Å². The molecule has 2 atom stereocenters. The number of aryl methyl sites for hydroxylation is 3. The van der Waals surface area contributed by atoms with Crippen LogP contribution in [0.1, 0.15) is 40.5 Å². The topological polar surface area (TPSA) is 34.2 Å². The van der Waals surface area contributed by atoms with E-state index >= 15 is 0 Å². The van der Waals surface area contributed by atoms with Gasteiger partial charge in [-0.2, -0.15) is 0 Å². The third kappa shape index (κ3) is 3.27. The Bertz CT molecular complexity index is 596. The summed E-state index contributed by atoms with van der Waals surface area (Å²) in [7, 11) is 0. The highest BCUT2D eigenvalue weighted by Crippen LogP contribution is 2.27. The van der Waals surface area contributed by atoms with Crippen molar-refractivity contribution in [2.75, 3.05) is 6.61 Å². The molecule has 0 saturated carbocycles. The molecule has 1 aromatic carbocycles. The molecule has 21 heavy (non-hydrogen) atoms. The molecule has 0 spiro atoms. The fraction of sp³-hybridized carbons (Fsp3) is 0.471. The van der Waals surface area contributed by atoms with E-state index in [-0.39, 0.29) is 0 Å². The van der Waals surface area contributed by atoms with Crippen molar-refractivity contribution in [2.24, 2.45) is 0 Å². The predicted octanol–water partition coefficient (Wildman–Crippen LogP) is 3.80. The minimum atomic E-state index is 0.325. The lowest BCUT2D eigenvalue weighted by molar-refractivity contribution is 0.258. The Morgan fingerprint density at radius 3 is 2.90 bits per heavy atom. The number of nitrogens with one attached hydrogen (secondary N) is 1. The molecule has 2 aromatic rings. The number of benzene rings is 1. The lowest BCUT2D eigenvalue weighted by atomic mass is 10.1. The summed E-state index contributed by atoms with van der Waals surface area (Å²) in [6, 6.07) is 9.07. The van der Waals surface area contributed by atoms with Gasteiger partial charge >= 0.3 is 0 Å². The van der Waals surface area contributed by atoms with Crippen LogP contribution >= 0.6 is 11.3 Å². The second kappa shape index (κ2) is 6.16. The van der Waals surface area contributed by atoms with Gasteiger partial charge in [0.05, 0.1) is 10.7 Å². The van der Waals surface area contributed by atoms with Crippen molar-refractivity contribution in [1.82, 2.24) is 10.3 Å². The summed E-state index contributed by atoms with van der Waals surface area (Å²) in [6.07, 6.45) is 2.18. The zero-order valence-corrected chi connectivity index (χ0v) is 13.7. The van der Waals surface area contributed by atoms with Gasteiger partial charge in [-0.15, -0.1) is 11.3 Å². The molecular formula is C17H22N2OS. The lowest BCUT2D eigenvalue weighted by Gasteiger charge is -2.21. The summed E-state index contributed by atoms with van der Waals surface area (Å²) in [5.41, 5.74) is 2.47. The van der Waals surface area contributed by atoms with Crippen LogP contribution in [-0.2, 0) is 6.42 Å². The summed E-state index contributed by atoms with van der Waals surface area (Å²) in [5.74, 6) is 1.04. The van der Waals surface area contributed by atoms with Crippen molar-refractivity contribution in [1.29, 1.82) is 0 Å². The predicted molar refractivity (Wildman–Crippen MR) is 87.2 cm³/mol. The fourth-order valence-corrected chi connectivity index (χ4v) is 3.90. The van der Waals surface area contributed by atoms with E-state index in [2.05, 4.69) is 49.3 Å². The van der Waals surface area contributed by atoms with Crippen molar-refractivity contribution >= 4 is 11.3 Å². The van der Waals surface area contributed by atoms with E-state index in [1.54, 1.807) is 11.3 Å². The SMILES string of the molecule is Cc1nc(C)c(C(C)NC2CCc3ccccc3OC2)s1. The van der Waals surface area contributed by atoms with E-state index in [9.17, 15) is 0 Å². The molecule has 1 aliphatic heterocycles. The quantitative estimate of drug-likeness (QED) is 0.936. The number of thiazole rings is 1. The van der Waals surface area contributed by atoms with Gasteiger partial charge in [0, 0.05) is 17.0 Å². The van der Waals surface area contributed by atoms with Crippen LogP contribution in [0.25, 0.3) is 0 Å². The minimum absolute atomic E-state index is 0.325. The highest BCUT2D eigenvalue weighted by molar-refractivity contribution is 7.11. The zero-order valence-electron chi connectivity index (χ0n) is 12.8. The van der Waals surface area contributed by atoms with E-state index < -0.39 is 0 Å². The first kappa shape index (κ1) is 14.5. The lowest BCUT2D eigenvalue weighted by Crippen LogP contribution is -2.36. The Morgan fingerprint density at radius 1 is 1.33 bits per heavy atom. The van der Waals surface area contributed by atoms with Gasteiger partial charge in [0.15, 0.2) is 0 Å². The summed E-state index contributed by atoms with van der Waals surface area (Å²) in [6.45, 7) is 7.12. The van der Waals surface area contributed by atoms with Crippen LogP contribution in [0, 0.1) is 13.8 Å². The molecule has 0 saturated heterocycles. The number of rotatable bonds is 3. The van der Waals surface area contributed by atoms with Crippen LogP contribution in [-0.4, -0.2) is 17.6 Å². The molecule has 1 aliphatic rings. The molecule has 0 amide bonds. The van der Waals surface area contributed by atoms with Gasteiger partial charge in [0.25, 0.3) is 0 Å². The monoisotopic (exact) mass is 302 g/mol. The number of fused-ring (bicyclic) bond motifs is 1. The van der Waals surface area contributed by atoms with Crippen molar-refractivity contribution in [3.8, 4) is 5.75 Å². The minimum Gasteiger partial charge on any atom is -0.492 e. The van der Waals surface area contributed by atoms with Crippen LogP contribution in [0.3, 0.4) is 0 Å². The average Bonchev–Trinajstić information content (AvgIpc) is 2.69. The number of hydrogen-bond donors (Lipinski definition) is 1. The first-order chi connectivity index (χ1) is 10.1. The first-order valence-corrected chi connectivity index (χ1v) is 8.36. The first-order valence-electron chi connectivity index (χ1n) is 7.54. The molecule has 0 fully saturated rings. The van der Waals surface area contributed by atoms with Crippen LogP contribution in [0.15, 0.2) is 24.3 Å². The maximum Gasteiger partial charge on any atom is 0.122 e. The van der Waals surface area contributed by atoms with Crippen molar-refractivity contribution in [2.45, 2.75) is 45.7 Å². The number of hydrogen-bond acceptors (Lipinski definition) is 4. The van der Waals surface area contributed by atoms with E-state index in [0.717, 1.165) is 35.9 Å². The Balaban J connectivity index is 1.65. The highest BCUT2D eigenvalue weighted by atomic mass is 32.1. The molecule has 0 bridgehead atoms. The summed E-state index contributed by atoms with van der Waals surface area (Å²) in [5, 5.41) is 4.85. The number of ether oxygens (including phenoxy) is 1. The third-order valence-electron chi connectivity index (χ3n) is 3.99. The Labute approximate surface area is 130 Å². The maximum atomic E-state index is 5.96. The molecule has 4 heteroatoms. The smallest absolute Gasteiger partial charge is 0.122 e. The molecule has 1 N–H and O–H groups in total. The van der Waals surface area contributed by atoms with Crippen LogP contribution in [0.5, 0.6) is 5.75 Å². The van der Waals surface area contributed by atoms with Gasteiger partial charge in [-0.25, -0.2) is 4.98 Å². The standard InChI is InChI=1S/C17H22N2OS/c1-11-17(21-13(3)18-11)12(2)19-15-9-8-14-6-4-5-7-16(14)20-10-15/h4-7,12,15,19H,8-10H2,1-3H3. The molecule has 3 rings (SSSR count). The van der Waals surface area contributed by atoms with E-state index in [4.69, 9.17) is 4.74 Å². The van der Waals surface area contributed by atoms with Crippen molar-refractivity contribution in [3.05, 3.63) is 45.4 Å². The molecule has 2 heterocycles. The molecule has 0 aliphatic carbocycles. The van der Waals surface area contributed by atoms with Crippen LogP contribution < -0.4 is 10.1 Å². The van der Waals surface area contributed by atoms with Crippen molar-refractivity contribution in [3.63, 3.8) is 0 Å². The molecule has 3 nitrogen and oxygen atoms in total. The largest absolute Gasteiger partial charge is 0.492 e. The Kier molecular flexibility index (Phi) is 4.27. The number of nitrogens with zero attached hydrogens (tertiary/aromatic N) is 1. The summed E-state index contributed by atoms with van der Waals surface area (Å²) in [4.78, 5) is 5.87. The van der Waals surface area contributed by atoms with Gasteiger partial charge in [-0.05, 0) is 45.2 Å². The second-order valence-electron chi connectivity index (χ2n) is 5.73. The van der Waals surface area contributed by atoms with Gasteiger partial charge in [0.1, 0.15) is 12.4 Å². The third-order valence-corrected chi connectivity index (χ3v) is 5.25. The summed E-state index contributed by atoms with van der Waals surface area (Å²) < 4.78 is 5.96. The Hall–Kier alpha value is -1.39. The second-order valence-corrected chi connectivity index (χ2v) is 6.96. The van der Waals surface area contributed by atoms with Gasteiger partial charge < -0.3 is 10.1 Å². The van der Waals surface area contributed by atoms with Crippen molar-refractivity contribution < 1.29 is 4.74 Å². The van der Waals surface area contributed by atoms with E-state index in [1.807, 2.05) is 6.07 Å². The van der Waals surface area contributed by atoms with Crippen LogP contribution in [0.4, 0.5) is 0 Å². The van der Waals surface area contributed by atoms with Gasteiger partial charge in [0.2, 0.25) is 0 Å². The summed E-state index contributed by atoms with van der Waals surface area (Å²) >= 11 is 1.79.